The van der Waals surface area contributed by atoms with Gasteiger partial charge in [0.15, 0.2) is 11.5 Å². The molecular formula is C51H57N3O8S. The molecule has 0 N–H and O–H groups in total. The van der Waals surface area contributed by atoms with Crippen LogP contribution in [-0.2, 0) is 20.9 Å². The highest BCUT2D eigenvalue weighted by molar-refractivity contribution is 7.22. The molecule has 0 bridgehead atoms. The molecule has 1 aliphatic rings. The number of fused-ring (bicyclic) bond motifs is 2. The van der Waals surface area contributed by atoms with Gasteiger partial charge in [0, 0.05) is 24.0 Å². The predicted octanol–water partition coefficient (Wildman–Crippen LogP) is 11.4. The Balaban J connectivity index is 1.06. The molecule has 0 radical (unpaired) electrons. The highest BCUT2D eigenvalue weighted by Gasteiger charge is 2.36. The number of unbranched alkanes of at least 4 members (excludes halogenated alkanes) is 3. The summed E-state index contributed by atoms with van der Waals surface area (Å²) in [7, 11) is 1.54. The molecule has 12 heteroatoms. The van der Waals surface area contributed by atoms with E-state index >= 15 is 0 Å². The molecule has 5 aromatic carbocycles. The van der Waals surface area contributed by atoms with Crippen LogP contribution in [0.15, 0.2) is 96.1 Å². The minimum Gasteiger partial charge on any atom is -0.493 e. The number of esters is 1. The van der Waals surface area contributed by atoms with E-state index in [1.54, 1.807) is 37.6 Å². The van der Waals surface area contributed by atoms with Crippen molar-refractivity contribution in [2.24, 2.45) is 10.5 Å². The Hall–Kier alpha value is -5.82. The first kappa shape index (κ1) is 45.2. The van der Waals surface area contributed by atoms with Crippen molar-refractivity contribution in [1.29, 1.82) is 0 Å². The summed E-state index contributed by atoms with van der Waals surface area (Å²) in [5.74, 6) is 1.48. The lowest BCUT2D eigenvalue weighted by molar-refractivity contribution is -0.150. The average molecular weight is 872 g/mol. The molecule has 11 nitrogen and oxygen atoms in total. The molecule has 0 atom stereocenters. The minimum absolute atomic E-state index is 0.133. The van der Waals surface area contributed by atoms with Crippen LogP contribution in [-0.4, -0.2) is 63.2 Å². The molecule has 7 rings (SSSR count). The summed E-state index contributed by atoms with van der Waals surface area (Å²) in [5.41, 5.74) is 5.03. The first-order valence-electron chi connectivity index (χ1n) is 21.9. The number of amides is 1. The Bertz CT molecular complexity index is 2510. The molecule has 0 spiro atoms. The SMILES string of the molecule is CCCC(=O)N(/N=C/c1c(OCCCCCCOCC2(CC)COC2)ccc2cc(COc3ccc(C(=O)Oc4ccc(C)cc4C)cc3OC)ccc12)c1nc2ccccc2s1. The van der Waals surface area contributed by atoms with Crippen LogP contribution in [0.5, 0.6) is 23.0 Å². The van der Waals surface area contributed by atoms with Gasteiger partial charge >= 0.3 is 5.97 Å². The van der Waals surface area contributed by atoms with Crippen molar-refractivity contribution in [3.05, 3.63) is 119 Å². The number of para-hydroxylation sites is 1. The topological polar surface area (TPSA) is 118 Å². The van der Waals surface area contributed by atoms with E-state index in [4.69, 9.17) is 38.5 Å². The van der Waals surface area contributed by atoms with Gasteiger partial charge in [0.1, 0.15) is 18.1 Å². The van der Waals surface area contributed by atoms with E-state index in [1.807, 2.05) is 81.4 Å². The molecule has 0 aliphatic carbocycles. The average Bonchev–Trinajstić information content (AvgIpc) is 3.71. The molecule has 1 amide bonds. The fourth-order valence-corrected chi connectivity index (χ4v) is 8.34. The number of hydrazone groups is 1. The standard InChI is InChI=1S/C51H57N3O8S/c1-6-14-48(55)54(50-53-42-15-10-11-16-47(42)63-50)52-30-41-40-21-18-37(28-38(40)19-23-44(41)60-26-13-9-8-12-25-58-32-51(7-2)33-59-34-51)31-61-45-24-20-39(29-46(45)57-5)49(56)62-43-22-17-35(3)27-36(43)4/h10-11,15-24,27-30H,6-9,12-14,25-26,31-34H2,1-5H3/b52-30+. The van der Waals surface area contributed by atoms with Crippen LogP contribution in [0.1, 0.15) is 91.4 Å². The number of aromatic nitrogens is 1. The molecule has 63 heavy (non-hydrogen) atoms. The lowest BCUT2D eigenvalue weighted by Crippen LogP contribution is -2.45. The van der Waals surface area contributed by atoms with Gasteiger partial charge in [0.2, 0.25) is 11.0 Å². The van der Waals surface area contributed by atoms with Crippen LogP contribution < -0.4 is 24.0 Å². The van der Waals surface area contributed by atoms with Crippen molar-refractivity contribution >= 4 is 55.5 Å². The highest BCUT2D eigenvalue weighted by Crippen LogP contribution is 2.34. The molecule has 1 fully saturated rings. The normalized spacial score (nSPS) is 13.3. The molecule has 1 aromatic heterocycles. The van der Waals surface area contributed by atoms with Gasteiger partial charge in [-0.1, -0.05) is 79.6 Å². The molecule has 1 saturated heterocycles. The second-order valence-corrected chi connectivity index (χ2v) is 17.2. The van der Waals surface area contributed by atoms with Crippen molar-refractivity contribution in [1.82, 2.24) is 4.98 Å². The maximum absolute atomic E-state index is 13.5. The highest BCUT2D eigenvalue weighted by atomic mass is 32.1. The number of rotatable bonds is 22. The zero-order chi connectivity index (χ0) is 44.2. The van der Waals surface area contributed by atoms with Crippen molar-refractivity contribution in [3.63, 3.8) is 0 Å². The van der Waals surface area contributed by atoms with E-state index in [-0.39, 0.29) is 17.9 Å². The molecule has 2 heterocycles. The van der Waals surface area contributed by atoms with Gasteiger partial charge in [-0.15, -0.1) is 0 Å². The third-order valence-electron chi connectivity index (χ3n) is 11.3. The van der Waals surface area contributed by atoms with E-state index < -0.39 is 5.97 Å². The monoisotopic (exact) mass is 871 g/mol. The van der Waals surface area contributed by atoms with Gasteiger partial charge in [0.25, 0.3) is 0 Å². The number of benzene rings is 5. The number of hydrogen-bond acceptors (Lipinski definition) is 11. The molecular weight excluding hydrogens is 815 g/mol. The van der Waals surface area contributed by atoms with E-state index in [9.17, 15) is 9.59 Å². The van der Waals surface area contributed by atoms with E-state index in [0.29, 0.717) is 53.1 Å². The first-order chi connectivity index (χ1) is 30.7. The minimum atomic E-state index is -0.483. The van der Waals surface area contributed by atoms with E-state index in [0.717, 1.165) is 102 Å². The number of carbonyl (C=O) groups excluding carboxylic acids is 2. The Morgan fingerprint density at radius 3 is 2.40 bits per heavy atom. The van der Waals surface area contributed by atoms with Gasteiger partial charge in [-0.25, -0.2) is 9.78 Å². The Kier molecular flexibility index (Phi) is 15.4. The van der Waals surface area contributed by atoms with Gasteiger partial charge in [0.05, 0.1) is 55.5 Å². The van der Waals surface area contributed by atoms with Crippen LogP contribution in [0.25, 0.3) is 21.0 Å². The summed E-state index contributed by atoms with van der Waals surface area (Å²) in [6, 6.07) is 28.6. The number of thiazole rings is 1. The molecule has 0 saturated carbocycles. The predicted molar refractivity (Wildman–Crippen MR) is 250 cm³/mol. The maximum Gasteiger partial charge on any atom is 0.343 e. The number of aryl methyl sites for hydroxylation is 2. The number of hydrogen-bond donors (Lipinski definition) is 0. The van der Waals surface area contributed by atoms with Crippen LogP contribution in [0, 0.1) is 19.3 Å². The Morgan fingerprint density at radius 1 is 0.857 bits per heavy atom. The van der Waals surface area contributed by atoms with Crippen molar-refractivity contribution in [3.8, 4) is 23.0 Å². The lowest BCUT2D eigenvalue weighted by Gasteiger charge is -2.40. The number of methoxy groups -OCH3 is 1. The van der Waals surface area contributed by atoms with Crippen LogP contribution in [0.4, 0.5) is 5.13 Å². The summed E-state index contributed by atoms with van der Waals surface area (Å²) in [5, 5.41) is 8.61. The van der Waals surface area contributed by atoms with Crippen LogP contribution in [0.2, 0.25) is 0 Å². The Labute approximate surface area is 373 Å². The summed E-state index contributed by atoms with van der Waals surface area (Å²) in [4.78, 5) is 31.3. The molecule has 6 aromatic rings. The lowest BCUT2D eigenvalue weighted by atomic mass is 9.84. The van der Waals surface area contributed by atoms with Gasteiger partial charge < -0.3 is 28.4 Å². The zero-order valence-corrected chi connectivity index (χ0v) is 37.8. The van der Waals surface area contributed by atoms with Gasteiger partial charge in [-0.3, -0.25) is 4.79 Å². The number of carbonyl (C=O) groups is 2. The fraction of sp³-hybridized carbons (Fsp3) is 0.373. The number of anilines is 1. The molecule has 0 unspecified atom stereocenters. The van der Waals surface area contributed by atoms with Gasteiger partial charge in [-0.05, 0) is 116 Å². The van der Waals surface area contributed by atoms with Crippen molar-refractivity contribution in [2.45, 2.75) is 79.2 Å². The second kappa shape index (κ2) is 21.5. The summed E-state index contributed by atoms with van der Waals surface area (Å²) in [6.45, 7) is 12.0. The fourth-order valence-electron chi connectivity index (χ4n) is 7.40. The van der Waals surface area contributed by atoms with E-state index in [2.05, 4.69) is 13.0 Å². The molecule has 330 valence electrons. The molecule has 1 aliphatic heterocycles. The van der Waals surface area contributed by atoms with Crippen molar-refractivity contribution in [2.75, 3.05) is 45.2 Å². The number of nitrogens with zero attached hydrogens (tertiary/aromatic N) is 3. The maximum atomic E-state index is 13.5. The zero-order valence-electron chi connectivity index (χ0n) is 36.9. The summed E-state index contributed by atoms with van der Waals surface area (Å²) in [6.07, 6.45) is 7.80. The van der Waals surface area contributed by atoms with Gasteiger partial charge in [-0.2, -0.15) is 10.1 Å². The second-order valence-electron chi connectivity index (χ2n) is 16.2. The van der Waals surface area contributed by atoms with Crippen molar-refractivity contribution < 1.29 is 38.0 Å². The quantitative estimate of drug-likeness (QED) is 0.0216. The van der Waals surface area contributed by atoms with Crippen LogP contribution >= 0.6 is 11.3 Å². The first-order valence-corrected chi connectivity index (χ1v) is 22.7. The smallest absolute Gasteiger partial charge is 0.343 e. The number of ether oxygens (including phenoxy) is 6. The van der Waals surface area contributed by atoms with Crippen LogP contribution in [0.3, 0.4) is 0 Å². The largest absolute Gasteiger partial charge is 0.493 e. The summed E-state index contributed by atoms with van der Waals surface area (Å²) < 4.78 is 36.4. The van der Waals surface area contributed by atoms with E-state index in [1.165, 1.54) is 16.3 Å². The third kappa shape index (κ3) is 11.4. The third-order valence-corrected chi connectivity index (χ3v) is 12.3. The summed E-state index contributed by atoms with van der Waals surface area (Å²) >= 11 is 1.43. The Morgan fingerprint density at radius 2 is 1.65 bits per heavy atom.